The Bertz CT molecular complexity index is 991. The van der Waals surface area contributed by atoms with Crippen LogP contribution in [-0.4, -0.2) is 48.2 Å². The number of rotatable bonds is 4. The number of nitrogens with zero attached hydrogens (tertiary/aromatic N) is 2. The van der Waals surface area contributed by atoms with Gasteiger partial charge in [0.05, 0.1) is 6.54 Å². The zero-order valence-electron chi connectivity index (χ0n) is 17.5. The minimum atomic E-state index is -0.648. The number of fused-ring (bicyclic) bond motifs is 1. The van der Waals surface area contributed by atoms with Gasteiger partial charge >= 0.3 is 12.1 Å². The molecular weight excluding hydrogens is 421 g/mol. The lowest BCUT2D eigenvalue weighted by Crippen LogP contribution is -2.44. The summed E-state index contributed by atoms with van der Waals surface area (Å²) >= 11 is 0. The summed E-state index contributed by atoms with van der Waals surface area (Å²) in [5, 5.41) is 5.35. The van der Waals surface area contributed by atoms with Crippen molar-refractivity contribution in [2.75, 3.05) is 31.6 Å². The third-order valence-corrected chi connectivity index (χ3v) is 6.04. The first-order chi connectivity index (χ1) is 15.4. The number of hydrogen-bond donors (Lipinski definition) is 2. The molecule has 2 aromatic rings. The van der Waals surface area contributed by atoms with E-state index in [1.807, 2.05) is 24.3 Å². The highest BCUT2D eigenvalue weighted by atomic mass is 19.1. The van der Waals surface area contributed by atoms with E-state index in [1.54, 1.807) is 4.90 Å². The van der Waals surface area contributed by atoms with E-state index in [1.165, 1.54) is 11.0 Å². The summed E-state index contributed by atoms with van der Waals surface area (Å²) in [5.74, 6) is -0.980. The van der Waals surface area contributed by atoms with Gasteiger partial charge in [-0.25, -0.2) is 22.8 Å². The van der Waals surface area contributed by atoms with Crippen molar-refractivity contribution in [2.24, 2.45) is 0 Å². The molecule has 4 rings (SSSR count). The van der Waals surface area contributed by atoms with Gasteiger partial charge in [0.15, 0.2) is 0 Å². The molecule has 0 unspecified atom stereocenters. The van der Waals surface area contributed by atoms with E-state index >= 15 is 0 Å². The lowest BCUT2D eigenvalue weighted by Gasteiger charge is -2.32. The molecule has 2 heterocycles. The molecule has 32 heavy (non-hydrogen) atoms. The first-order valence-corrected chi connectivity index (χ1v) is 10.7. The Hall–Kier alpha value is -3.23. The lowest BCUT2D eigenvalue weighted by atomic mass is 9.89. The molecule has 9 heteroatoms. The molecule has 2 aromatic carbocycles. The summed E-state index contributed by atoms with van der Waals surface area (Å²) in [7, 11) is 0. The number of piperidine rings is 1. The fraction of sp³-hybridized carbons (Fsp3) is 0.391. The molecule has 6 nitrogen and oxygen atoms in total. The number of halogens is 3. The second-order valence-corrected chi connectivity index (χ2v) is 8.12. The molecule has 0 bridgehead atoms. The SMILES string of the molecule is O=C(NCCF)N1CCC(c2ccc(NC(=O)N3Cc4cc(F)cc(F)c4C3)cc2)CC1. The van der Waals surface area contributed by atoms with Crippen LogP contribution in [0.5, 0.6) is 0 Å². The molecule has 1 saturated heterocycles. The van der Waals surface area contributed by atoms with Crippen LogP contribution in [-0.2, 0) is 13.1 Å². The van der Waals surface area contributed by atoms with Gasteiger partial charge in [0.2, 0.25) is 0 Å². The molecule has 4 amide bonds. The van der Waals surface area contributed by atoms with E-state index in [4.69, 9.17) is 0 Å². The average Bonchev–Trinajstić information content (AvgIpc) is 3.23. The molecule has 0 radical (unpaired) electrons. The molecule has 0 aromatic heterocycles. The van der Waals surface area contributed by atoms with Crippen LogP contribution in [0.1, 0.15) is 35.4 Å². The number of alkyl halides is 1. The van der Waals surface area contributed by atoms with Crippen molar-refractivity contribution < 1.29 is 22.8 Å². The fourth-order valence-corrected chi connectivity index (χ4v) is 4.29. The van der Waals surface area contributed by atoms with Crippen LogP contribution in [0.25, 0.3) is 0 Å². The number of hydrogen-bond acceptors (Lipinski definition) is 2. The molecule has 170 valence electrons. The predicted molar refractivity (Wildman–Crippen MR) is 114 cm³/mol. The van der Waals surface area contributed by atoms with Crippen LogP contribution in [0.15, 0.2) is 36.4 Å². The molecule has 2 N–H and O–H groups in total. The van der Waals surface area contributed by atoms with Gasteiger partial charge in [0.25, 0.3) is 0 Å². The molecule has 1 fully saturated rings. The van der Waals surface area contributed by atoms with Gasteiger partial charge in [-0.05, 0) is 48.1 Å². The van der Waals surface area contributed by atoms with Crippen LogP contribution in [0.3, 0.4) is 0 Å². The summed E-state index contributed by atoms with van der Waals surface area (Å²) in [6.07, 6.45) is 1.62. The molecule has 0 atom stereocenters. The topological polar surface area (TPSA) is 64.7 Å². The molecule has 0 aliphatic carbocycles. The number of urea groups is 2. The van der Waals surface area contributed by atoms with E-state index in [2.05, 4.69) is 10.6 Å². The van der Waals surface area contributed by atoms with Gasteiger partial charge < -0.3 is 20.4 Å². The monoisotopic (exact) mass is 446 g/mol. The third kappa shape index (κ3) is 4.81. The largest absolute Gasteiger partial charge is 0.335 e. The molecular formula is C23H25F3N4O2. The zero-order chi connectivity index (χ0) is 22.7. The number of nitrogens with one attached hydrogen (secondary N) is 2. The number of amides is 4. The summed E-state index contributed by atoms with van der Waals surface area (Å²) in [5.41, 5.74) is 2.57. The maximum Gasteiger partial charge on any atom is 0.322 e. The van der Waals surface area contributed by atoms with Crippen LogP contribution >= 0.6 is 0 Å². The van der Waals surface area contributed by atoms with E-state index in [0.717, 1.165) is 24.5 Å². The highest BCUT2D eigenvalue weighted by Crippen LogP contribution is 2.30. The van der Waals surface area contributed by atoms with Crippen molar-refractivity contribution in [3.05, 3.63) is 64.7 Å². The summed E-state index contributed by atoms with van der Waals surface area (Å²) in [6.45, 7) is 0.919. The van der Waals surface area contributed by atoms with Crippen LogP contribution in [0.2, 0.25) is 0 Å². The Balaban J connectivity index is 1.30. The minimum absolute atomic E-state index is 0.0291. The molecule has 2 aliphatic rings. The number of anilines is 1. The Labute approximate surface area is 184 Å². The normalized spacial score (nSPS) is 16.1. The quantitative estimate of drug-likeness (QED) is 0.733. The van der Waals surface area contributed by atoms with Gasteiger partial charge in [-0.2, -0.15) is 0 Å². The van der Waals surface area contributed by atoms with Crippen molar-refractivity contribution in [3.63, 3.8) is 0 Å². The van der Waals surface area contributed by atoms with Gasteiger partial charge in [-0.3, -0.25) is 0 Å². The van der Waals surface area contributed by atoms with Gasteiger partial charge in [0, 0.05) is 43.5 Å². The van der Waals surface area contributed by atoms with Gasteiger partial charge in [0.1, 0.15) is 18.3 Å². The van der Waals surface area contributed by atoms with Crippen molar-refractivity contribution in [1.82, 2.24) is 15.1 Å². The predicted octanol–water partition coefficient (Wildman–Crippen LogP) is 4.37. The molecule has 0 saturated carbocycles. The third-order valence-electron chi connectivity index (χ3n) is 6.04. The lowest BCUT2D eigenvalue weighted by molar-refractivity contribution is 0.180. The number of benzene rings is 2. The fourth-order valence-electron chi connectivity index (χ4n) is 4.29. The smallest absolute Gasteiger partial charge is 0.322 e. The highest BCUT2D eigenvalue weighted by Gasteiger charge is 2.27. The average molecular weight is 446 g/mol. The Morgan fingerprint density at radius 3 is 2.38 bits per heavy atom. The maximum absolute atomic E-state index is 13.9. The highest BCUT2D eigenvalue weighted by molar-refractivity contribution is 5.89. The van der Waals surface area contributed by atoms with Crippen molar-refractivity contribution >= 4 is 17.7 Å². The standard InChI is InChI=1S/C23H25F3N4O2/c24-7-8-27-22(31)29-9-5-16(6-10-29)15-1-3-19(4-2-15)28-23(32)30-13-17-11-18(25)12-21(26)20(17)14-30/h1-4,11-12,16H,5-10,13-14H2,(H,27,31)(H,28,32). The molecule has 0 spiro atoms. The van der Waals surface area contributed by atoms with E-state index in [9.17, 15) is 22.8 Å². The second-order valence-electron chi connectivity index (χ2n) is 8.12. The van der Waals surface area contributed by atoms with E-state index in [0.29, 0.717) is 35.8 Å². The van der Waals surface area contributed by atoms with E-state index < -0.39 is 18.3 Å². The first-order valence-electron chi connectivity index (χ1n) is 10.7. The molecule has 2 aliphatic heterocycles. The van der Waals surface area contributed by atoms with Crippen LogP contribution in [0.4, 0.5) is 28.4 Å². The number of carbonyl (C=O) groups excluding carboxylic acids is 2. The summed E-state index contributed by atoms with van der Waals surface area (Å²) in [4.78, 5) is 27.6. The zero-order valence-corrected chi connectivity index (χ0v) is 17.5. The van der Waals surface area contributed by atoms with Crippen molar-refractivity contribution in [2.45, 2.75) is 31.8 Å². The Morgan fingerprint density at radius 1 is 0.969 bits per heavy atom. The minimum Gasteiger partial charge on any atom is -0.335 e. The maximum atomic E-state index is 13.9. The van der Waals surface area contributed by atoms with E-state index in [-0.39, 0.29) is 31.7 Å². The Kier molecular flexibility index (Phi) is 6.53. The summed E-state index contributed by atoms with van der Waals surface area (Å²) < 4.78 is 39.5. The number of likely N-dealkylation sites (tertiary alicyclic amines) is 1. The van der Waals surface area contributed by atoms with Crippen LogP contribution < -0.4 is 10.6 Å². The second kappa shape index (κ2) is 9.50. The van der Waals surface area contributed by atoms with Crippen molar-refractivity contribution in [3.8, 4) is 0 Å². The van der Waals surface area contributed by atoms with Gasteiger partial charge in [-0.1, -0.05) is 12.1 Å². The van der Waals surface area contributed by atoms with Crippen molar-refractivity contribution in [1.29, 1.82) is 0 Å². The van der Waals surface area contributed by atoms with Gasteiger partial charge in [-0.15, -0.1) is 0 Å². The van der Waals surface area contributed by atoms with Crippen LogP contribution in [0, 0.1) is 11.6 Å². The summed E-state index contributed by atoms with van der Waals surface area (Å²) in [6, 6.07) is 9.02. The number of carbonyl (C=O) groups is 2. The Morgan fingerprint density at radius 2 is 1.69 bits per heavy atom. The first kappa shape index (κ1) is 22.0.